The van der Waals surface area contributed by atoms with Crippen LogP contribution >= 0.6 is 0 Å². The number of amides is 1. The van der Waals surface area contributed by atoms with Gasteiger partial charge in [0.1, 0.15) is 17.3 Å². The van der Waals surface area contributed by atoms with Crippen LogP contribution in [0.2, 0.25) is 0 Å². The molecule has 1 aromatic heterocycles. The average Bonchev–Trinajstić information content (AvgIpc) is 2.80. The molecule has 0 aliphatic carbocycles. The number of carbonyl (C=O) groups excluding carboxylic acids is 1. The molecule has 0 spiro atoms. The molecule has 0 saturated carbocycles. The molecule has 0 fully saturated rings. The van der Waals surface area contributed by atoms with Gasteiger partial charge in [-0.2, -0.15) is 0 Å². The summed E-state index contributed by atoms with van der Waals surface area (Å²) < 4.78 is 24.3. The van der Waals surface area contributed by atoms with Gasteiger partial charge in [0, 0.05) is 28.3 Å². The number of halogens is 1. The van der Waals surface area contributed by atoms with Crippen LogP contribution < -0.4 is 14.8 Å². The van der Waals surface area contributed by atoms with Gasteiger partial charge in [0.05, 0.1) is 24.9 Å². The number of hydrogen-bond donors (Lipinski definition) is 1. The van der Waals surface area contributed by atoms with E-state index in [-0.39, 0.29) is 11.7 Å². The van der Waals surface area contributed by atoms with Gasteiger partial charge in [0.2, 0.25) is 0 Å². The van der Waals surface area contributed by atoms with E-state index in [1.807, 2.05) is 37.3 Å². The van der Waals surface area contributed by atoms with Crippen LogP contribution in [-0.2, 0) is 0 Å². The number of anilines is 1. The summed E-state index contributed by atoms with van der Waals surface area (Å²) in [6, 6.07) is 20.4. The lowest BCUT2D eigenvalue weighted by Gasteiger charge is -2.12. The number of pyridine rings is 1. The second kappa shape index (κ2) is 8.83. The van der Waals surface area contributed by atoms with E-state index >= 15 is 0 Å². The molecule has 156 valence electrons. The lowest BCUT2D eigenvalue weighted by Crippen LogP contribution is -2.12. The zero-order valence-electron chi connectivity index (χ0n) is 17.2. The minimum absolute atomic E-state index is 0.298. The van der Waals surface area contributed by atoms with E-state index in [2.05, 4.69) is 5.32 Å². The molecule has 0 unspecified atom stereocenters. The third kappa shape index (κ3) is 4.48. The highest BCUT2D eigenvalue weighted by molar-refractivity contribution is 6.06. The van der Waals surface area contributed by atoms with E-state index < -0.39 is 0 Å². The van der Waals surface area contributed by atoms with Gasteiger partial charge in [-0.05, 0) is 61.5 Å². The summed E-state index contributed by atoms with van der Waals surface area (Å²) in [5.41, 5.74) is 3.33. The molecule has 1 heterocycles. The highest BCUT2D eigenvalue weighted by Crippen LogP contribution is 2.32. The normalized spacial score (nSPS) is 10.7. The van der Waals surface area contributed by atoms with Gasteiger partial charge in [-0.25, -0.2) is 9.37 Å². The Bertz CT molecular complexity index is 1240. The number of methoxy groups -OCH3 is 1. The molecular formula is C25H21FN2O3. The first-order valence-electron chi connectivity index (χ1n) is 9.86. The molecule has 3 aromatic carbocycles. The fourth-order valence-electron chi connectivity index (χ4n) is 3.28. The van der Waals surface area contributed by atoms with Crippen molar-refractivity contribution in [3.05, 3.63) is 84.2 Å². The first-order valence-corrected chi connectivity index (χ1v) is 9.86. The van der Waals surface area contributed by atoms with Crippen molar-refractivity contribution >= 4 is 22.5 Å². The number of nitrogens with zero attached hydrogens (tertiary/aromatic N) is 1. The van der Waals surface area contributed by atoms with Crippen molar-refractivity contribution < 1.29 is 18.7 Å². The van der Waals surface area contributed by atoms with E-state index in [1.165, 1.54) is 24.3 Å². The van der Waals surface area contributed by atoms with Crippen molar-refractivity contribution in [3.63, 3.8) is 0 Å². The highest BCUT2D eigenvalue weighted by atomic mass is 19.1. The number of nitrogens with one attached hydrogen (secondary N) is 1. The van der Waals surface area contributed by atoms with Crippen LogP contribution in [-0.4, -0.2) is 24.6 Å². The maximum absolute atomic E-state index is 13.1. The first-order chi connectivity index (χ1) is 15.1. The Hall–Kier alpha value is -3.93. The Kier molecular flexibility index (Phi) is 5.80. The molecule has 0 bridgehead atoms. The van der Waals surface area contributed by atoms with Crippen LogP contribution in [0, 0.1) is 5.82 Å². The Morgan fingerprint density at radius 1 is 1.03 bits per heavy atom. The number of rotatable bonds is 6. The SMILES string of the molecule is CCOc1cc(-c2cccc(OC)c2)nc2ccc(C(=O)Nc3ccc(F)cc3)cc12. The molecule has 4 aromatic rings. The molecule has 1 N–H and O–H groups in total. The molecule has 1 amide bonds. The predicted molar refractivity (Wildman–Crippen MR) is 119 cm³/mol. The number of ether oxygens (including phenoxy) is 2. The number of fused-ring (bicyclic) bond motifs is 1. The topological polar surface area (TPSA) is 60.5 Å². The first kappa shape index (κ1) is 20.3. The molecular weight excluding hydrogens is 395 g/mol. The quantitative estimate of drug-likeness (QED) is 0.438. The van der Waals surface area contributed by atoms with Crippen LogP contribution in [0.4, 0.5) is 10.1 Å². The summed E-state index contributed by atoms with van der Waals surface area (Å²) in [4.78, 5) is 17.4. The largest absolute Gasteiger partial charge is 0.497 e. The lowest BCUT2D eigenvalue weighted by atomic mass is 10.1. The number of benzene rings is 3. The van der Waals surface area contributed by atoms with Crippen LogP contribution in [0.1, 0.15) is 17.3 Å². The second-order valence-electron chi connectivity index (χ2n) is 6.86. The van der Waals surface area contributed by atoms with Crippen molar-refractivity contribution in [1.82, 2.24) is 4.98 Å². The molecule has 31 heavy (non-hydrogen) atoms. The maximum Gasteiger partial charge on any atom is 0.255 e. The van der Waals surface area contributed by atoms with Crippen molar-refractivity contribution in [3.8, 4) is 22.8 Å². The van der Waals surface area contributed by atoms with Gasteiger partial charge in [-0.15, -0.1) is 0 Å². The van der Waals surface area contributed by atoms with Gasteiger partial charge in [-0.1, -0.05) is 12.1 Å². The summed E-state index contributed by atoms with van der Waals surface area (Å²) in [6.07, 6.45) is 0. The van der Waals surface area contributed by atoms with E-state index in [1.54, 1.807) is 25.3 Å². The minimum atomic E-state index is -0.358. The molecule has 0 saturated heterocycles. The Morgan fingerprint density at radius 3 is 2.58 bits per heavy atom. The van der Waals surface area contributed by atoms with Crippen molar-refractivity contribution in [2.24, 2.45) is 0 Å². The monoisotopic (exact) mass is 416 g/mol. The molecule has 4 rings (SSSR count). The molecule has 0 aliphatic rings. The molecule has 6 heteroatoms. The number of hydrogen-bond acceptors (Lipinski definition) is 4. The zero-order valence-corrected chi connectivity index (χ0v) is 17.2. The standard InChI is InChI=1S/C25H21FN2O3/c1-3-31-24-15-23(16-5-4-6-20(13-16)30-2)28-22-12-7-17(14-21(22)24)25(29)27-19-10-8-18(26)9-11-19/h4-15H,3H2,1-2H3,(H,27,29). The van der Waals surface area contributed by atoms with Gasteiger partial charge >= 0.3 is 0 Å². The van der Waals surface area contributed by atoms with E-state index in [9.17, 15) is 9.18 Å². The van der Waals surface area contributed by atoms with Gasteiger partial charge in [0.25, 0.3) is 5.91 Å². The average molecular weight is 416 g/mol. The van der Waals surface area contributed by atoms with Gasteiger partial charge < -0.3 is 14.8 Å². The van der Waals surface area contributed by atoms with Crippen LogP contribution in [0.3, 0.4) is 0 Å². The summed E-state index contributed by atoms with van der Waals surface area (Å²) in [5.74, 6) is 0.725. The van der Waals surface area contributed by atoms with Crippen molar-refractivity contribution in [1.29, 1.82) is 0 Å². The maximum atomic E-state index is 13.1. The zero-order chi connectivity index (χ0) is 21.8. The second-order valence-corrected chi connectivity index (χ2v) is 6.86. The third-order valence-corrected chi connectivity index (χ3v) is 4.80. The van der Waals surface area contributed by atoms with Crippen LogP contribution in [0.5, 0.6) is 11.5 Å². The molecule has 0 atom stereocenters. The third-order valence-electron chi connectivity index (χ3n) is 4.80. The highest BCUT2D eigenvalue weighted by Gasteiger charge is 2.13. The van der Waals surface area contributed by atoms with E-state index in [0.29, 0.717) is 29.1 Å². The van der Waals surface area contributed by atoms with Crippen molar-refractivity contribution in [2.75, 3.05) is 19.0 Å². The van der Waals surface area contributed by atoms with Crippen LogP contribution in [0.25, 0.3) is 22.2 Å². The Balaban J connectivity index is 1.72. The molecule has 5 nitrogen and oxygen atoms in total. The van der Waals surface area contributed by atoms with Gasteiger partial charge in [0.15, 0.2) is 0 Å². The Morgan fingerprint density at radius 2 is 1.84 bits per heavy atom. The fraction of sp³-hybridized carbons (Fsp3) is 0.120. The molecule has 0 aliphatic heterocycles. The number of aromatic nitrogens is 1. The summed E-state index contributed by atoms with van der Waals surface area (Å²) in [5, 5.41) is 3.51. The summed E-state index contributed by atoms with van der Waals surface area (Å²) >= 11 is 0. The summed E-state index contributed by atoms with van der Waals surface area (Å²) in [7, 11) is 1.62. The fourth-order valence-corrected chi connectivity index (χ4v) is 3.28. The smallest absolute Gasteiger partial charge is 0.255 e. The predicted octanol–water partition coefficient (Wildman–Crippen LogP) is 5.70. The van der Waals surface area contributed by atoms with E-state index in [0.717, 1.165) is 22.4 Å². The van der Waals surface area contributed by atoms with Crippen LogP contribution in [0.15, 0.2) is 72.8 Å². The lowest BCUT2D eigenvalue weighted by molar-refractivity contribution is 0.102. The van der Waals surface area contributed by atoms with E-state index in [4.69, 9.17) is 14.5 Å². The molecule has 0 radical (unpaired) electrons. The number of carbonyl (C=O) groups is 1. The van der Waals surface area contributed by atoms with Crippen molar-refractivity contribution in [2.45, 2.75) is 6.92 Å². The minimum Gasteiger partial charge on any atom is -0.497 e. The Labute approximate surface area is 179 Å². The van der Waals surface area contributed by atoms with Gasteiger partial charge in [-0.3, -0.25) is 4.79 Å². The summed E-state index contributed by atoms with van der Waals surface area (Å²) in [6.45, 7) is 2.38.